The monoisotopic (exact) mass is 337 g/mol. The van der Waals surface area contributed by atoms with Gasteiger partial charge in [-0.25, -0.2) is 0 Å². The lowest BCUT2D eigenvalue weighted by Crippen LogP contribution is -2.44. The van der Waals surface area contributed by atoms with Crippen LogP contribution in [-0.2, 0) is 0 Å². The number of anilines is 1. The van der Waals surface area contributed by atoms with E-state index >= 15 is 0 Å². The van der Waals surface area contributed by atoms with Crippen LogP contribution in [-0.4, -0.2) is 11.3 Å². The van der Waals surface area contributed by atoms with Gasteiger partial charge in [0.15, 0.2) is 5.78 Å². The number of hydrogen-bond donors (Lipinski definition) is 1. The van der Waals surface area contributed by atoms with Gasteiger partial charge >= 0.3 is 0 Å². The van der Waals surface area contributed by atoms with E-state index in [4.69, 9.17) is 0 Å². The number of carbonyl (C=O) groups is 1. The van der Waals surface area contributed by atoms with Crippen molar-refractivity contribution in [2.45, 2.75) is 58.9 Å². The molecular weight excluding hydrogens is 306 g/mol. The van der Waals surface area contributed by atoms with E-state index in [-0.39, 0.29) is 11.3 Å². The van der Waals surface area contributed by atoms with Gasteiger partial charge in [-0.15, -0.1) is 0 Å². The number of hydrogen-bond acceptors (Lipinski definition) is 2. The average Bonchev–Trinajstić information content (AvgIpc) is 2.68. The molecule has 2 aromatic carbocycles. The maximum absolute atomic E-state index is 12.5. The second-order valence-corrected chi connectivity index (χ2v) is 6.77. The number of ketones is 1. The Morgan fingerprint density at radius 1 is 0.840 bits per heavy atom. The van der Waals surface area contributed by atoms with Crippen molar-refractivity contribution in [1.82, 2.24) is 0 Å². The van der Waals surface area contributed by atoms with E-state index in [1.165, 1.54) is 12.8 Å². The molecule has 2 heteroatoms. The van der Waals surface area contributed by atoms with Crippen molar-refractivity contribution in [3.05, 3.63) is 65.7 Å². The van der Waals surface area contributed by atoms with Crippen LogP contribution in [0.1, 0.15) is 69.3 Å². The van der Waals surface area contributed by atoms with E-state index in [1.54, 1.807) is 0 Å². The fourth-order valence-corrected chi connectivity index (χ4v) is 3.92. The minimum absolute atomic E-state index is 0.0735. The molecule has 25 heavy (non-hydrogen) atoms. The average molecular weight is 338 g/mol. The molecule has 0 amide bonds. The first-order valence-electron chi connectivity index (χ1n) is 9.58. The second-order valence-electron chi connectivity index (χ2n) is 6.77. The van der Waals surface area contributed by atoms with Crippen LogP contribution < -0.4 is 5.32 Å². The van der Waals surface area contributed by atoms with Gasteiger partial charge in [-0.2, -0.15) is 0 Å². The van der Waals surface area contributed by atoms with Gasteiger partial charge in [-0.05, 0) is 43.0 Å². The summed E-state index contributed by atoms with van der Waals surface area (Å²) in [5.41, 5.74) is 2.68. The van der Waals surface area contributed by atoms with Gasteiger partial charge in [0, 0.05) is 22.4 Å². The fourth-order valence-electron chi connectivity index (χ4n) is 3.92. The molecule has 0 aliphatic heterocycles. The van der Waals surface area contributed by atoms with E-state index in [0.717, 1.165) is 29.7 Å². The van der Waals surface area contributed by atoms with Crippen molar-refractivity contribution in [3.8, 4) is 0 Å². The standard InChI is InChI=1S/C23H31NO/c1-5-20(6-2)23(7-3,8-4)24-21-16-14-19(15-17-21)22(25)18-12-10-9-11-13-18/h9-17,20,24H,5-8H2,1-4H3. The molecular formula is C23H31NO. The molecule has 0 spiro atoms. The Bertz CT molecular complexity index is 652. The summed E-state index contributed by atoms with van der Waals surface area (Å²) >= 11 is 0. The lowest BCUT2D eigenvalue weighted by molar-refractivity contribution is 0.103. The van der Waals surface area contributed by atoms with Crippen molar-refractivity contribution >= 4 is 11.5 Å². The smallest absolute Gasteiger partial charge is 0.193 e. The van der Waals surface area contributed by atoms with Crippen LogP contribution in [0.5, 0.6) is 0 Å². The summed E-state index contributed by atoms with van der Waals surface area (Å²) in [5, 5.41) is 3.79. The Morgan fingerprint density at radius 3 is 1.84 bits per heavy atom. The predicted molar refractivity (Wildman–Crippen MR) is 107 cm³/mol. The molecule has 0 bridgehead atoms. The SMILES string of the molecule is CCC(CC)C(CC)(CC)Nc1ccc(C(=O)c2ccccc2)cc1. The fraction of sp³-hybridized carbons (Fsp3) is 0.435. The normalized spacial score (nSPS) is 11.6. The largest absolute Gasteiger partial charge is 0.379 e. The van der Waals surface area contributed by atoms with Crippen LogP contribution >= 0.6 is 0 Å². The van der Waals surface area contributed by atoms with Crippen LogP contribution in [0.3, 0.4) is 0 Å². The Morgan fingerprint density at radius 2 is 1.36 bits per heavy atom. The third-order valence-electron chi connectivity index (χ3n) is 5.61. The molecule has 0 aliphatic rings. The molecule has 2 nitrogen and oxygen atoms in total. The highest BCUT2D eigenvalue weighted by atomic mass is 16.1. The van der Waals surface area contributed by atoms with Crippen LogP contribution in [0.15, 0.2) is 54.6 Å². The van der Waals surface area contributed by atoms with Crippen molar-refractivity contribution in [2.75, 3.05) is 5.32 Å². The molecule has 2 rings (SSSR count). The molecule has 0 heterocycles. The van der Waals surface area contributed by atoms with Gasteiger partial charge in [-0.3, -0.25) is 4.79 Å². The van der Waals surface area contributed by atoms with Crippen LogP contribution in [0.4, 0.5) is 5.69 Å². The summed E-state index contributed by atoms with van der Waals surface area (Å²) in [6, 6.07) is 17.4. The molecule has 2 aromatic rings. The Kier molecular flexibility index (Phi) is 6.81. The molecule has 0 fully saturated rings. The number of nitrogens with one attached hydrogen (secondary N) is 1. The van der Waals surface area contributed by atoms with Gasteiger partial charge in [-0.1, -0.05) is 70.9 Å². The predicted octanol–water partition coefficient (Wildman–Crippen LogP) is 6.32. The van der Waals surface area contributed by atoms with E-state index in [2.05, 4.69) is 33.0 Å². The third-order valence-corrected chi connectivity index (χ3v) is 5.61. The third kappa shape index (κ3) is 4.31. The second kappa shape index (κ2) is 8.84. The summed E-state index contributed by atoms with van der Waals surface area (Å²) in [6.07, 6.45) is 4.55. The van der Waals surface area contributed by atoms with Gasteiger partial charge in [0.2, 0.25) is 0 Å². The van der Waals surface area contributed by atoms with Crippen LogP contribution in [0.25, 0.3) is 0 Å². The summed E-state index contributed by atoms with van der Waals surface area (Å²) in [4.78, 5) is 12.5. The molecule has 0 aliphatic carbocycles. The van der Waals surface area contributed by atoms with E-state index in [1.807, 2.05) is 54.6 Å². The first-order chi connectivity index (χ1) is 12.1. The highest BCUT2D eigenvalue weighted by Gasteiger charge is 2.33. The molecule has 0 atom stereocenters. The van der Waals surface area contributed by atoms with E-state index < -0.39 is 0 Å². The minimum atomic E-state index is 0.0735. The Balaban J connectivity index is 2.20. The van der Waals surface area contributed by atoms with E-state index in [9.17, 15) is 4.79 Å². The zero-order chi connectivity index (χ0) is 18.3. The zero-order valence-corrected chi connectivity index (χ0v) is 16.0. The molecule has 1 N–H and O–H groups in total. The topological polar surface area (TPSA) is 29.1 Å². The summed E-state index contributed by atoms with van der Waals surface area (Å²) in [7, 11) is 0. The highest BCUT2D eigenvalue weighted by molar-refractivity contribution is 6.09. The first kappa shape index (κ1) is 19.2. The quantitative estimate of drug-likeness (QED) is 0.542. The molecule has 0 aromatic heterocycles. The van der Waals surface area contributed by atoms with Crippen LogP contribution in [0, 0.1) is 5.92 Å². The Hall–Kier alpha value is -2.09. The number of carbonyl (C=O) groups excluding carboxylic acids is 1. The van der Waals surface area contributed by atoms with Gasteiger partial charge < -0.3 is 5.32 Å². The summed E-state index contributed by atoms with van der Waals surface area (Å²) in [5.74, 6) is 0.720. The van der Waals surface area contributed by atoms with Gasteiger partial charge in [0.05, 0.1) is 0 Å². The minimum Gasteiger partial charge on any atom is -0.379 e. The first-order valence-corrected chi connectivity index (χ1v) is 9.58. The van der Waals surface area contributed by atoms with Crippen molar-refractivity contribution in [3.63, 3.8) is 0 Å². The molecule has 0 saturated heterocycles. The van der Waals surface area contributed by atoms with Crippen molar-refractivity contribution in [1.29, 1.82) is 0 Å². The lowest BCUT2D eigenvalue weighted by atomic mass is 9.76. The lowest BCUT2D eigenvalue weighted by Gasteiger charge is -2.41. The molecule has 0 saturated carbocycles. The molecule has 0 radical (unpaired) electrons. The van der Waals surface area contributed by atoms with Gasteiger partial charge in [0.1, 0.15) is 0 Å². The molecule has 0 unspecified atom stereocenters. The molecule has 134 valence electrons. The maximum Gasteiger partial charge on any atom is 0.193 e. The van der Waals surface area contributed by atoms with Crippen molar-refractivity contribution in [2.24, 2.45) is 5.92 Å². The van der Waals surface area contributed by atoms with Crippen LogP contribution in [0.2, 0.25) is 0 Å². The maximum atomic E-state index is 12.5. The van der Waals surface area contributed by atoms with Crippen molar-refractivity contribution < 1.29 is 4.79 Å². The summed E-state index contributed by atoms with van der Waals surface area (Å²) < 4.78 is 0. The Labute approximate surface area is 152 Å². The highest BCUT2D eigenvalue weighted by Crippen LogP contribution is 2.34. The zero-order valence-electron chi connectivity index (χ0n) is 16.0. The number of rotatable bonds is 9. The van der Waals surface area contributed by atoms with Gasteiger partial charge in [0.25, 0.3) is 0 Å². The number of benzene rings is 2. The van der Waals surface area contributed by atoms with E-state index in [0.29, 0.717) is 5.92 Å². The summed E-state index contributed by atoms with van der Waals surface area (Å²) in [6.45, 7) is 9.08.